The van der Waals surface area contributed by atoms with Gasteiger partial charge in [0.2, 0.25) is 0 Å². The smallest absolute Gasteiger partial charge is 0.298 e. The third kappa shape index (κ3) is 5.18. The molecule has 1 saturated heterocycles. The topological polar surface area (TPSA) is 88.9 Å². The number of nitriles is 1. The summed E-state index contributed by atoms with van der Waals surface area (Å²) < 4.78 is 17.0. The number of hydrogen-bond acceptors (Lipinski definition) is 7. The number of nitrogens with zero attached hydrogens (tertiary/aromatic N) is 2. The molecule has 182 valence electrons. The second-order valence-electron chi connectivity index (χ2n) is 7.51. The molecule has 0 unspecified atom stereocenters. The van der Waals surface area contributed by atoms with Crippen molar-refractivity contribution in [1.29, 1.82) is 5.26 Å². The maximum Gasteiger partial charge on any atom is 0.298 e. The average Bonchev–Trinajstić information content (AvgIpc) is 3.16. The highest BCUT2D eigenvalue weighted by atomic mass is 35.5. The van der Waals surface area contributed by atoms with E-state index in [2.05, 4.69) is 6.07 Å². The summed E-state index contributed by atoms with van der Waals surface area (Å²) in [5, 5.41) is 9.16. The van der Waals surface area contributed by atoms with E-state index in [1.807, 2.05) is 13.0 Å². The Morgan fingerprint density at radius 3 is 2.56 bits per heavy atom. The minimum atomic E-state index is -0.461. The summed E-state index contributed by atoms with van der Waals surface area (Å²) >= 11 is 7.37. The number of benzene rings is 3. The van der Waals surface area contributed by atoms with E-state index in [-0.39, 0.29) is 16.5 Å². The summed E-state index contributed by atoms with van der Waals surface area (Å²) in [6.45, 7) is 2.31. The number of amides is 2. The van der Waals surface area contributed by atoms with Crippen molar-refractivity contribution in [2.24, 2.45) is 0 Å². The fraction of sp³-hybridized carbons (Fsp3) is 0.148. The molecule has 0 atom stereocenters. The molecule has 3 aromatic carbocycles. The van der Waals surface area contributed by atoms with Gasteiger partial charge in [0.15, 0.2) is 11.5 Å². The van der Waals surface area contributed by atoms with E-state index in [0.717, 1.165) is 16.7 Å². The van der Waals surface area contributed by atoms with Gasteiger partial charge in [-0.2, -0.15) is 5.26 Å². The fourth-order valence-corrected chi connectivity index (χ4v) is 4.73. The van der Waals surface area contributed by atoms with Gasteiger partial charge >= 0.3 is 0 Å². The number of halogens is 1. The zero-order chi connectivity index (χ0) is 25.7. The predicted octanol–water partition coefficient (Wildman–Crippen LogP) is 6.44. The van der Waals surface area contributed by atoms with Gasteiger partial charge in [-0.1, -0.05) is 41.9 Å². The molecular formula is C27H21ClN2O5S. The SMILES string of the molecule is CCOc1cc(/C=C2\SC(=O)N(c3ccccc3OC)C2=O)cc(Cl)c1OCc1ccccc1C#N. The first-order valence-electron chi connectivity index (χ1n) is 10.9. The Hall–Kier alpha value is -3.93. The lowest BCUT2D eigenvalue weighted by Gasteiger charge is -2.16. The molecule has 0 aliphatic carbocycles. The number of carbonyl (C=O) groups is 2. The van der Waals surface area contributed by atoms with Gasteiger partial charge in [0.25, 0.3) is 11.1 Å². The third-order valence-electron chi connectivity index (χ3n) is 5.26. The van der Waals surface area contributed by atoms with E-state index in [1.54, 1.807) is 60.7 Å². The molecule has 0 spiro atoms. The lowest BCUT2D eigenvalue weighted by molar-refractivity contribution is -0.113. The van der Waals surface area contributed by atoms with Gasteiger partial charge in [0, 0.05) is 5.56 Å². The number of imide groups is 1. The molecule has 1 fully saturated rings. The van der Waals surface area contributed by atoms with Crippen molar-refractivity contribution in [2.75, 3.05) is 18.6 Å². The Balaban J connectivity index is 1.63. The van der Waals surface area contributed by atoms with Crippen LogP contribution in [0.3, 0.4) is 0 Å². The first-order valence-corrected chi connectivity index (χ1v) is 12.1. The van der Waals surface area contributed by atoms with Crippen molar-refractivity contribution < 1.29 is 23.8 Å². The molecule has 1 heterocycles. The van der Waals surface area contributed by atoms with Gasteiger partial charge < -0.3 is 14.2 Å². The molecule has 0 N–H and O–H groups in total. The zero-order valence-electron chi connectivity index (χ0n) is 19.5. The van der Waals surface area contributed by atoms with Crippen LogP contribution in [0.2, 0.25) is 5.02 Å². The molecule has 0 saturated carbocycles. The first-order chi connectivity index (χ1) is 17.5. The van der Waals surface area contributed by atoms with Crippen molar-refractivity contribution >= 4 is 46.3 Å². The largest absolute Gasteiger partial charge is 0.495 e. The number of carbonyl (C=O) groups excluding carboxylic acids is 2. The van der Waals surface area contributed by atoms with Gasteiger partial charge in [-0.3, -0.25) is 9.59 Å². The van der Waals surface area contributed by atoms with Crippen molar-refractivity contribution in [3.8, 4) is 23.3 Å². The molecular weight excluding hydrogens is 500 g/mol. The minimum Gasteiger partial charge on any atom is -0.495 e. The Morgan fingerprint density at radius 2 is 1.81 bits per heavy atom. The maximum atomic E-state index is 13.1. The number of methoxy groups -OCH3 is 1. The average molecular weight is 521 g/mol. The molecule has 0 radical (unpaired) electrons. The molecule has 0 aromatic heterocycles. The molecule has 3 aromatic rings. The summed E-state index contributed by atoms with van der Waals surface area (Å²) in [7, 11) is 1.48. The van der Waals surface area contributed by atoms with Crippen LogP contribution < -0.4 is 19.1 Å². The number of ether oxygens (including phenoxy) is 3. The van der Waals surface area contributed by atoms with E-state index in [0.29, 0.717) is 46.2 Å². The van der Waals surface area contributed by atoms with E-state index in [1.165, 1.54) is 7.11 Å². The van der Waals surface area contributed by atoms with Crippen molar-refractivity contribution in [3.63, 3.8) is 0 Å². The molecule has 9 heteroatoms. The molecule has 7 nitrogen and oxygen atoms in total. The number of thioether (sulfide) groups is 1. The zero-order valence-corrected chi connectivity index (χ0v) is 21.1. The Kier molecular flexibility index (Phi) is 7.84. The lowest BCUT2D eigenvalue weighted by atomic mass is 10.1. The van der Waals surface area contributed by atoms with E-state index >= 15 is 0 Å². The highest BCUT2D eigenvalue weighted by Crippen LogP contribution is 2.42. The molecule has 1 aliphatic heterocycles. The van der Waals surface area contributed by atoms with E-state index in [4.69, 9.17) is 25.8 Å². The second-order valence-corrected chi connectivity index (χ2v) is 8.91. The molecule has 0 bridgehead atoms. The van der Waals surface area contributed by atoms with Crippen LogP contribution >= 0.6 is 23.4 Å². The van der Waals surface area contributed by atoms with E-state index < -0.39 is 11.1 Å². The van der Waals surface area contributed by atoms with Gasteiger partial charge in [0.1, 0.15) is 12.4 Å². The molecule has 2 amide bonds. The number of hydrogen-bond donors (Lipinski definition) is 0. The summed E-state index contributed by atoms with van der Waals surface area (Å²) in [6, 6.07) is 19.4. The van der Waals surface area contributed by atoms with Crippen LogP contribution in [0.15, 0.2) is 65.6 Å². The van der Waals surface area contributed by atoms with Gasteiger partial charge in [-0.05, 0) is 60.7 Å². The number of para-hydroxylation sites is 2. The number of rotatable bonds is 8. The Labute approximate surface area is 217 Å². The minimum absolute atomic E-state index is 0.126. The molecule has 1 aliphatic rings. The van der Waals surface area contributed by atoms with Crippen molar-refractivity contribution in [2.45, 2.75) is 13.5 Å². The quantitative estimate of drug-likeness (QED) is 0.316. The lowest BCUT2D eigenvalue weighted by Crippen LogP contribution is -2.28. The summed E-state index contributed by atoms with van der Waals surface area (Å²) in [6.07, 6.45) is 1.59. The van der Waals surface area contributed by atoms with Crippen LogP contribution in [-0.4, -0.2) is 24.9 Å². The van der Waals surface area contributed by atoms with Crippen LogP contribution in [0.4, 0.5) is 10.5 Å². The van der Waals surface area contributed by atoms with Crippen LogP contribution in [0.25, 0.3) is 6.08 Å². The Morgan fingerprint density at radius 1 is 1.06 bits per heavy atom. The van der Waals surface area contributed by atoms with Crippen LogP contribution in [0.5, 0.6) is 17.2 Å². The fourth-order valence-electron chi connectivity index (χ4n) is 3.62. The third-order valence-corrected chi connectivity index (χ3v) is 6.41. The first kappa shape index (κ1) is 25.2. The highest BCUT2D eigenvalue weighted by molar-refractivity contribution is 8.19. The van der Waals surface area contributed by atoms with Gasteiger partial charge in [-0.25, -0.2) is 4.90 Å². The summed E-state index contributed by atoms with van der Waals surface area (Å²) in [5.41, 5.74) is 2.17. The standard InChI is InChI=1S/C27H21ClN2O5S/c1-3-34-23-13-17(12-20(28)25(23)35-16-19-9-5-4-8-18(19)15-29)14-24-26(31)30(27(32)36-24)21-10-6-7-11-22(21)33-2/h4-14H,3,16H2,1-2H3/b24-14-. The maximum absolute atomic E-state index is 13.1. The predicted molar refractivity (Wildman–Crippen MR) is 140 cm³/mol. The van der Waals surface area contributed by atoms with Crippen molar-refractivity contribution in [1.82, 2.24) is 0 Å². The van der Waals surface area contributed by atoms with Gasteiger partial charge in [0.05, 0.1) is 41.0 Å². The Bertz CT molecular complexity index is 1400. The highest BCUT2D eigenvalue weighted by Gasteiger charge is 2.37. The molecule has 4 rings (SSSR count). The van der Waals surface area contributed by atoms with Crippen LogP contribution in [-0.2, 0) is 11.4 Å². The summed E-state index contributed by atoms with van der Waals surface area (Å²) in [4.78, 5) is 27.1. The normalized spacial score (nSPS) is 14.2. The van der Waals surface area contributed by atoms with Crippen LogP contribution in [0, 0.1) is 11.3 Å². The van der Waals surface area contributed by atoms with Crippen LogP contribution in [0.1, 0.15) is 23.6 Å². The van der Waals surface area contributed by atoms with Gasteiger partial charge in [-0.15, -0.1) is 0 Å². The van der Waals surface area contributed by atoms with Crippen molar-refractivity contribution in [3.05, 3.63) is 87.3 Å². The van der Waals surface area contributed by atoms with E-state index in [9.17, 15) is 14.9 Å². The monoisotopic (exact) mass is 520 g/mol. The second kappa shape index (κ2) is 11.2. The molecule has 36 heavy (non-hydrogen) atoms. The number of anilines is 1. The summed E-state index contributed by atoms with van der Waals surface area (Å²) in [5.74, 6) is 0.666.